The molecule has 1 aliphatic heterocycles. The van der Waals surface area contributed by atoms with E-state index < -0.39 is 0 Å². The molecule has 1 N–H and O–H groups in total. The predicted molar refractivity (Wildman–Crippen MR) is 69.8 cm³/mol. The molecule has 2 unspecified atom stereocenters. The first kappa shape index (κ1) is 12.5. The van der Waals surface area contributed by atoms with E-state index in [9.17, 15) is 4.79 Å². The number of nitrogens with zero attached hydrogens (tertiary/aromatic N) is 1. The SMILES string of the molecule is Cc1ccc(C2SC(C)C(=O)N2CCO)cc1. The molecular weight excluding hydrogens is 234 g/mol. The highest BCUT2D eigenvalue weighted by molar-refractivity contribution is 8.01. The van der Waals surface area contributed by atoms with Gasteiger partial charge in [-0.25, -0.2) is 0 Å². The van der Waals surface area contributed by atoms with Crippen LogP contribution >= 0.6 is 11.8 Å². The number of β-amino-alcohol motifs (C(OH)–C–C–N with tert-alkyl or cyclic N) is 1. The molecule has 17 heavy (non-hydrogen) atoms. The second-order valence-corrected chi connectivity index (χ2v) is 5.72. The Morgan fingerprint density at radius 1 is 1.35 bits per heavy atom. The van der Waals surface area contributed by atoms with Gasteiger partial charge in [0.15, 0.2) is 0 Å². The van der Waals surface area contributed by atoms with Gasteiger partial charge >= 0.3 is 0 Å². The van der Waals surface area contributed by atoms with E-state index in [1.165, 1.54) is 5.56 Å². The summed E-state index contributed by atoms with van der Waals surface area (Å²) in [5.41, 5.74) is 2.34. The van der Waals surface area contributed by atoms with E-state index in [0.29, 0.717) is 6.54 Å². The standard InChI is InChI=1S/C13H17NO2S/c1-9-3-5-11(6-4-9)13-14(7-8-15)12(16)10(2)17-13/h3-6,10,13,15H,7-8H2,1-2H3. The van der Waals surface area contributed by atoms with Crippen molar-refractivity contribution in [2.45, 2.75) is 24.5 Å². The third-order valence-electron chi connectivity index (χ3n) is 2.95. The van der Waals surface area contributed by atoms with Crippen LogP contribution in [0.2, 0.25) is 0 Å². The number of aliphatic hydroxyl groups excluding tert-OH is 1. The number of rotatable bonds is 3. The zero-order chi connectivity index (χ0) is 12.4. The average Bonchev–Trinajstić information content (AvgIpc) is 2.59. The highest BCUT2D eigenvalue weighted by Gasteiger charge is 2.37. The molecule has 1 aromatic rings. The lowest BCUT2D eigenvalue weighted by Gasteiger charge is -2.23. The van der Waals surface area contributed by atoms with Gasteiger partial charge in [0.05, 0.1) is 11.9 Å². The fraction of sp³-hybridized carbons (Fsp3) is 0.462. The number of carbonyl (C=O) groups is 1. The van der Waals surface area contributed by atoms with Gasteiger partial charge in [0.25, 0.3) is 0 Å². The smallest absolute Gasteiger partial charge is 0.236 e. The Balaban J connectivity index is 2.24. The molecule has 4 heteroatoms. The molecular formula is C13H17NO2S. The number of carbonyl (C=O) groups excluding carboxylic acids is 1. The fourth-order valence-corrected chi connectivity index (χ4v) is 3.31. The van der Waals surface area contributed by atoms with E-state index in [-0.39, 0.29) is 23.1 Å². The van der Waals surface area contributed by atoms with E-state index in [0.717, 1.165) is 5.56 Å². The van der Waals surface area contributed by atoms with Crippen LogP contribution < -0.4 is 0 Å². The first-order valence-corrected chi connectivity index (χ1v) is 6.71. The third kappa shape index (κ3) is 2.48. The molecule has 1 saturated heterocycles. The van der Waals surface area contributed by atoms with E-state index >= 15 is 0 Å². The van der Waals surface area contributed by atoms with Gasteiger partial charge in [0.2, 0.25) is 5.91 Å². The molecule has 1 heterocycles. The van der Waals surface area contributed by atoms with Crippen molar-refractivity contribution < 1.29 is 9.90 Å². The lowest BCUT2D eigenvalue weighted by molar-refractivity contribution is -0.130. The zero-order valence-electron chi connectivity index (χ0n) is 10.1. The summed E-state index contributed by atoms with van der Waals surface area (Å²) in [5, 5.41) is 9.06. The molecule has 1 amide bonds. The third-order valence-corrected chi connectivity index (χ3v) is 4.34. The molecule has 0 aliphatic carbocycles. The van der Waals surface area contributed by atoms with Crippen LogP contribution in [-0.4, -0.2) is 34.3 Å². The zero-order valence-corrected chi connectivity index (χ0v) is 10.9. The Bertz CT molecular complexity index is 404. The number of thioether (sulfide) groups is 1. The number of aliphatic hydroxyl groups is 1. The molecule has 0 spiro atoms. The normalized spacial score (nSPS) is 24.4. The average molecular weight is 251 g/mol. The van der Waals surface area contributed by atoms with Crippen LogP contribution in [0.1, 0.15) is 23.4 Å². The number of amides is 1. The molecule has 92 valence electrons. The molecule has 1 aromatic carbocycles. The van der Waals surface area contributed by atoms with Crippen LogP contribution in [0.15, 0.2) is 24.3 Å². The van der Waals surface area contributed by atoms with Gasteiger partial charge in [-0.05, 0) is 19.4 Å². The van der Waals surface area contributed by atoms with Crippen molar-refractivity contribution in [1.29, 1.82) is 0 Å². The van der Waals surface area contributed by atoms with Gasteiger partial charge in [-0.3, -0.25) is 4.79 Å². The van der Waals surface area contributed by atoms with Crippen LogP contribution in [-0.2, 0) is 4.79 Å². The van der Waals surface area contributed by atoms with Crippen molar-refractivity contribution >= 4 is 17.7 Å². The Labute approximate surface area is 106 Å². The second kappa shape index (κ2) is 5.10. The van der Waals surface area contributed by atoms with Crippen molar-refractivity contribution in [3.63, 3.8) is 0 Å². The van der Waals surface area contributed by atoms with E-state index in [4.69, 9.17) is 5.11 Å². The van der Waals surface area contributed by atoms with Crippen molar-refractivity contribution in [2.24, 2.45) is 0 Å². The molecule has 0 saturated carbocycles. The van der Waals surface area contributed by atoms with E-state index in [1.807, 2.05) is 13.8 Å². The van der Waals surface area contributed by atoms with E-state index in [2.05, 4.69) is 24.3 Å². The van der Waals surface area contributed by atoms with Crippen molar-refractivity contribution in [3.05, 3.63) is 35.4 Å². The maximum atomic E-state index is 11.9. The van der Waals surface area contributed by atoms with Gasteiger partial charge in [0, 0.05) is 6.54 Å². The van der Waals surface area contributed by atoms with Crippen LogP contribution in [0, 0.1) is 6.92 Å². The summed E-state index contributed by atoms with van der Waals surface area (Å²) in [7, 11) is 0. The van der Waals surface area contributed by atoms with Gasteiger partial charge < -0.3 is 10.0 Å². The monoisotopic (exact) mass is 251 g/mol. The number of hydrogen-bond donors (Lipinski definition) is 1. The molecule has 0 aromatic heterocycles. The summed E-state index contributed by atoms with van der Waals surface area (Å²) in [4.78, 5) is 13.7. The van der Waals surface area contributed by atoms with E-state index in [1.54, 1.807) is 16.7 Å². The summed E-state index contributed by atoms with van der Waals surface area (Å²) in [5.74, 6) is 0.120. The highest BCUT2D eigenvalue weighted by atomic mass is 32.2. The maximum absolute atomic E-state index is 11.9. The lowest BCUT2D eigenvalue weighted by atomic mass is 10.1. The summed E-state index contributed by atoms with van der Waals surface area (Å²) >= 11 is 1.65. The second-order valence-electron chi connectivity index (χ2n) is 4.30. The lowest BCUT2D eigenvalue weighted by Crippen LogP contribution is -2.32. The van der Waals surface area contributed by atoms with Gasteiger partial charge in [-0.1, -0.05) is 29.8 Å². The summed E-state index contributed by atoms with van der Waals surface area (Å²) in [6.07, 6.45) is 0. The Morgan fingerprint density at radius 2 is 2.00 bits per heavy atom. The largest absolute Gasteiger partial charge is 0.395 e. The number of aryl methyl sites for hydroxylation is 1. The molecule has 0 radical (unpaired) electrons. The maximum Gasteiger partial charge on any atom is 0.236 e. The quantitative estimate of drug-likeness (QED) is 0.892. The van der Waals surface area contributed by atoms with Crippen molar-refractivity contribution in [3.8, 4) is 0 Å². The molecule has 1 aliphatic rings. The van der Waals surface area contributed by atoms with Gasteiger partial charge in [0.1, 0.15) is 5.37 Å². The van der Waals surface area contributed by atoms with Crippen molar-refractivity contribution in [1.82, 2.24) is 4.90 Å². The Kier molecular flexibility index (Phi) is 3.74. The van der Waals surface area contributed by atoms with Crippen LogP contribution in [0.25, 0.3) is 0 Å². The minimum absolute atomic E-state index is 0.0153. The molecule has 2 rings (SSSR count). The van der Waals surface area contributed by atoms with Crippen molar-refractivity contribution in [2.75, 3.05) is 13.2 Å². The Hall–Kier alpha value is -1.00. The Morgan fingerprint density at radius 3 is 2.59 bits per heavy atom. The molecule has 0 bridgehead atoms. The molecule has 3 nitrogen and oxygen atoms in total. The van der Waals surface area contributed by atoms with Crippen LogP contribution in [0.3, 0.4) is 0 Å². The number of benzene rings is 1. The summed E-state index contributed by atoms with van der Waals surface area (Å²) in [6, 6.07) is 8.23. The molecule has 2 atom stereocenters. The topological polar surface area (TPSA) is 40.5 Å². The van der Waals surface area contributed by atoms with Gasteiger partial charge in [-0.2, -0.15) is 0 Å². The summed E-state index contributed by atoms with van der Waals surface area (Å²) in [6.45, 7) is 4.40. The summed E-state index contributed by atoms with van der Waals surface area (Å²) < 4.78 is 0. The first-order valence-electron chi connectivity index (χ1n) is 5.77. The predicted octanol–water partition coefficient (Wildman–Crippen LogP) is 1.95. The van der Waals surface area contributed by atoms with Crippen LogP contribution in [0.4, 0.5) is 0 Å². The highest BCUT2D eigenvalue weighted by Crippen LogP contribution is 2.42. The minimum atomic E-state index is -0.0205. The number of hydrogen-bond acceptors (Lipinski definition) is 3. The molecule has 1 fully saturated rings. The first-order chi connectivity index (χ1) is 8.13. The fourth-order valence-electron chi connectivity index (χ4n) is 2.00. The van der Waals surface area contributed by atoms with Crippen LogP contribution in [0.5, 0.6) is 0 Å². The van der Waals surface area contributed by atoms with Gasteiger partial charge in [-0.15, -0.1) is 11.8 Å². The minimum Gasteiger partial charge on any atom is -0.395 e.